The van der Waals surface area contributed by atoms with Crippen molar-refractivity contribution in [2.45, 2.75) is 6.61 Å². The van der Waals surface area contributed by atoms with Crippen LogP contribution in [0.3, 0.4) is 0 Å². The van der Waals surface area contributed by atoms with E-state index in [1.807, 2.05) is 0 Å². The van der Waals surface area contributed by atoms with Crippen LogP contribution in [-0.2, 0) is 25.6 Å². The van der Waals surface area contributed by atoms with Gasteiger partial charge in [-0.1, -0.05) is 35.9 Å². The average molecular weight is 424 g/mol. The van der Waals surface area contributed by atoms with Gasteiger partial charge in [-0.05, 0) is 23.8 Å². The van der Waals surface area contributed by atoms with Gasteiger partial charge in [0.1, 0.15) is 11.4 Å². The second kappa shape index (κ2) is 12.7. The highest BCUT2D eigenvalue weighted by molar-refractivity contribution is 6.32. The van der Waals surface area contributed by atoms with Crippen LogP contribution < -0.4 is 0 Å². The zero-order chi connectivity index (χ0) is 21.8. The summed E-state index contributed by atoms with van der Waals surface area (Å²) in [5.41, 5.74) is 2.02. The fourth-order valence-corrected chi connectivity index (χ4v) is 2.56. The number of rotatable bonds is 7. The molecule has 0 saturated carbocycles. The molecular weight excluding hydrogens is 401 g/mol. The maximum atomic E-state index is 12.6. The van der Waals surface area contributed by atoms with Gasteiger partial charge in [0.05, 0.1) is 39.4 Å². The maximum Gasteiger partial charge on any atom is 0.341 e. The molecule has 0 aromatic heterocycles. The molecule has 0 radical (unpaired) electrons. The van der Waals surface area contributed by atoms with Gasteiger partial charge in [-0.15, -0.1) is 0 Å². The summed E-state index contributed by atoms with van der Waals surface area (Å²) in [6.07, 6.45) is 1.26. The van der Waals surface area contributed by atoms with Crippen molar-refractivity contribution in [1.29, 1.82) is 5.41 Å². The lowest BCUT2D eigenvalue weighted by Crippen LogP contribution is -2.07. The molecule has 0 bridgehead atoms. The van der Waals surface area contributed by atoms with E-state index in [1.165, 1.54) is 39.7 Å². The molecule has 2 aromatic rings. The molecule has 2 rings (SSSR count). The maximum absolute atomic E-state index is 12.6. The van der Waals surface area contributed by atoms with Crippen LogP contribution in [0.5, 0.6) is 0 Å². The molecule has 156 valence electrons. The Bertz CT molecular complexity index is 870. The quantitative estimate of drug-likeness (QED) is 0.306. The predicted molar refractivity (Wildman–Crippen MR) is 109 cm³/mol. The van der Waals surface area contributed by atoms with E-state index < -0.39 is 5.97 Å². The van der Waals surface area contributed by atoms with Crippen LogP contribution in [-0.4, -0.2) is 44.7 Å². The highest BCUT2D eigenvalue weighted by Gasteiger charge is 2.17. The van der Waals surface area contributed by atoms with E-state index in [-0.39, 0.29) is 30.3 Å². The molecule has 0 aliphatic heterocycles. The topological polar surface area (TPSA) is 88.8 Å². The van der Waals surface area contributed by atoms with Gasteiger partial charge in [-0.3, -0.25) is 0 Å². The largest absolute Gasteiger partial charge is 0.503 e. The first kappa shape index (κ1) is 24.3. The SMILES string of the molecule is CO/C=C(/C(=O)OC)c1cccc(Cl)c1CO.COCC(=N)c1cccc(F)c1. The summed E-state index contributed by atoms with van der Waals surface area (Å²) in [6, 6.07) is 10.9. The smallest absolute Gasteiger partial charge is 0.341 e. The number of aliphatic hydroxyl groups excluding tert-OH is 1. The zero-order valence-electron chi connectivity index (χ0n) is 16.4. The minimum absolute atomic E-state index is 0.210. The average Bonchev–Trinajstić information content (AvgIpc) is 2.72. The van der Waals surface area contributed by atoms with Crippen LogP contribution in [0.25, 0.3) is 5.57 Å². The van der Waals surface area contributed by atoms with E-state index >= 15 is 0 Å². The Balaban J connectivity index is 0.000000308. The summed E-state index contributed by atoms with van der Waals surface area (Å²) in [6.45, 7) is -0.0590. The van der Waals surface area contributed by atoms with Gasteiger partial charge in [0, 0.05) is 23.3 Å². The van der Waals surface area contributed by atoms with Crippen molar-refractivity contribution in [3.8, 4) is 0 Å². The summed E-state index contributed by atoms with van der Waals surface area (Å²) < 4.78 is 26.9. The van der Waals surface area contributed by atoms with Crippen LogP contribution in [0.1, 0.15) is 16.7 Å². The Labute approximate surface area is 174 Å². The number of hydrogen-bond donors (Lipinski definition) is 2. The number of carbonyl (C=O) groups is 1. The molecule has 0 saturated heterocycles. The van der Waals surface area contributed by atoms with Crippen molar-refractivity contribution in [2.75, 3.05) is 27.9 Å². The summed E-state index contributed by atoms with van der Waals surface area (Å²) in [4.78, 5) is 11.6. The number of carbonyl (C=O) groups excluding carboxylic acids is 1. The van der Waals surface area contributed by atoms with Gasteiger partial charge in [-0.25, -0.2) is 9.18 Å². The van der Waals surface area contributed by atoms with Crippen molar-refractivity contribution in [3.63, 3.8) is 0 Å². The fraction of sp³-hybridized carbons (Fsp3) is 0.238. The lowest BCUT2D eigenvalue weighted by atomic mass is 10.0. The minimum atomic E-state index is -0.552. The molecule has 0 fully saturated rings. The number of benzene rings is 2. The Morgan fingerprint density at radius 3 is 2.45 bits per heavy atom. The third kappa shape index (κ3) is 7.30. The number of esters is 1. The first-order valence-corrected chi connectivity index (χ1v) is 8.79. The van der Waals surface area contributed by atoms with Crippen molar-refractivity contribution in [2.24, 2.45) is 0 Å². The second-order valence-electron chi connectivity index (χ2n) is 5.60. The van der Waals surface area contributed by atoms with Gasteiger partial charge in [0.2, 0.25) is 0 Å². The van der Waals surface area contributed by atoms with Gasteiger partial charge in [-0.2, -0.15) is 0 Å². The van der Waals surface area contributed by atoms with Crippen LogP contribution in [0, 0.1) is 11.2 Å². The highest BCUT2D eigenvalue weighted by Crippen LogP contribution is 2.26. The molecule has 0 aliphatic carbocycles. The number of ether oxygens (including phenoxy) is 3. The van der Waals surface area contributed by atoms with Crippen LogP contribution in [0.4, 0.5) is 4.39 Å². The van der Waals surface area contributed by atoms with Gasteiger partial charge in [0.15, 0.2) is 0 Å². The number of aliphatic hydroxyl groups is 1. The van der Waals surface area contributed by atoms with Crippen LogP contribution in [0.15, 0.2) is 48.7 Å². The first-order valence-electron chi connectivity index (χ1n) is 8.41. The molecule has 0 heterocycles. The summed E-state index contributed by atoms with van der Waals surface area (Å²) in [5.74, 6) is -0.878. The van der Waals surface area contributed by atoms with E-state index in [0.717, 1.165) is 0 Å². The monoisotopic (exact) mass is 423 g/mol. The van der Waals surface area contributed by atoms with E-state index in [9.17, 15) is 14.3 Å². The lowest BCUT2D eigenvalue weighted by molar-refractivity contribution is -0.133. The van der Waals surface area contributed by atoms with Crippen molar-refractivity contribution in [1.82, 2.24) is 0 Å². The van der Waals surface area contributed by atoms with Crippen LogP contribution >= 0.6 is 11.6 Å². The Morgan fingerprint density at radius 1 is 1.21 bits per heavy atom. The van der Waals surface area contributed by atoms with Gasteiger partial charge >= 0.3 is 5.97 Å². The lowest BCUT2D eigenvalue weighted by Gasteiger charge is -2.11. The molecule has 0 aliphatic rings. The third-order valence-electron chi connectivity index (χ3n) is 3.67. The number of methoxy groups -OCH3 is 3. The highest BCUT2D eigenvalue weighted by atomic mass is 35.5. The fourth-order valence-electron chi connectivity index (χ4n) is 2.32. The third-order valence-corrected chi connectivity index (χ3v) is 4.02. The van der Waals surface area contributed by atoms with Crippen molar-refractivity contribution >= 4 is 28.9 Å². The molecule has 6 nitrogen and oxygen atoms in total. The normalized spacial score (nSPS) is 10.6. The molecule has 0 amide bonds. The predicted octanol–water partition coefficient (Wildman–Crippen LogP) is 3.83. The van der Waals surface area contributed by atoms with E-state index in [1.54, 1.807) is 30.3 Å². The van der Waals surface area contributed by atoms with Gasteiger partial charge in [0.25, 0.3) is 0 Å². The zero-order valence-corrected chi connectivity index (χ0v) is 17.1. The Morgan fingerprint density at radius 2 is 1.90 bits per heavy atom. The van der Waals surface area contributed by atoms with Crippen molar-refractivity contribution < 1.29 is 28.5 Å². The summed E-state index contributed by atoms with van der Waals surface area (Å²) >= 11 is 5.94. The molecule has 8 heteroatoms. The second-order valence-corrected chi connectivity index (χ2v) is 6.01. The summed E-state index contributed by atoms with van der Waals surface area (Å²) in [5, 5.41) is 17.1. The standard InChI is InChI=1S/C12H13ClO4.C9H10FNO/c1-16-7-10(12(15)17-2)8-4-3-5-11(13)9(8)6-14;1-12-6-9(11)7-3-2-4-8(10)5-7/h3-5,7,14H,6H2,1-2H3;2-5,11H,6H2,1H3/b10-7+;. The number of hydrogen-bond acceptors (Lipinski definition) is 6. The van der Waals surface area contributed by atoms with Crippen LogP contribution in [0.2, 0.25) is 5.02 Å². The number of halogens is 2. The molecule has 29 heavy (non-hydrogen) atoms. The molecule has 2 aromatic carbocycles. The molecule has 0 unspecified atom stereocenters. The minimum Gasteiger partial charge on any atom is -0.503 e. The van der Waals surface area contributed by atoms with Crippen molar-refractivity contribution in [3.05, 3.63) is 76.3 Å². The number of nitrogens with one attached hydrogen (secondary N) is 1. The van der Waals surface area contributed by atoms with E-state index in [2.05, 4.69) is 4.74 Å². The molecular formula is C21H23ClFNO5. The molecule has 0 atom stereocenters. The van der Waals surface area contributed by atoms with Gasteiger partial charge < -0.3 is 24.7 Å². The van der Waals surface area contributed by atoms with E-state index in [0.29, 0.717) is 21.7 Å². The summed E-state index contributed by atoms with van der Waals surface area (Å²) in [7, 11) is 4.20. The Hall–Kier alpha value is -2.74. The first-order chi connectivity index (χ1) is 13.9. The molecule has 0 spiro atoms. The van der Waals surface area contributed by atoms with E-state index in [4.69, 9.17) is 26.5 Å². The Kier molecular flexibility index (Phi) is 10.6. The molecule has 2 N–H and O–H groups in total.